The van der Waals surface area contributed by atoms with Gasteiger partial charge in [0.1, 0.15) is 5.82 Å². The molecule has 0 spiro atoms. The predicted molar refractivity (Wildman–Crippen MR) is 77.0 cm³/mol. The smallest absolute Gasteiger partial charge is 0.239 e. The third kappa shape index (κ3) is 2.90. The number of nitrogens with one attached hydrogen (secondary N) is 2. The summed E-state index contributed by atoms with van der Waals surface area (Å²) in [7, 11) is 0. The summed E-state index contributed by atoms with van der Waals surface area (Å²) in [6.45, 7) is 1.98. The Morgan fingerprint density at radius 1 is 1.39 bits per heavy atom. The molecule has 1 aromatic heterocycles. The Morgan fingerprint density at radius 3 is 2.89 bits per heavy atom. The molecule has 1 aromatic carbocycles. The minimum Gasteiger partial charge on any atom is -0.339 e. The second kappa shape index (κ2) is 5.51. The number of nitrogen functional groups attached to an aromatic ring is 1. The van der Waals surface area contributed by atoms with Crippen LogP contribution in [0.5, 0.6) is 0 Å². The fourth-order valence-corrected chi connectivity index (χ4v) is 1.84. The van der Waals surface area contributed by atoms with Crippen LogP contribution in [0, 0.1) is 6.92 Å². The van der Waals surface area contributed by atoms with Crippen molar-refractivity contribution in [2.24, 2.45) is 5.84 Å². The van der Waals surface area contributed by atoms with Gasteiger partial charge in [0.25, 0.3) is 0 Å². The summed E-state index contributed by atoms with van der Waals surface area (Å²) in [4.78, 5) is 8.19. The average Bonchev–Trinajstić information content (AvgIpc) is 2.36. The molecule has 0 radical (unpaired) electrons. The highest BCUT2D eigenvalue weighted by atomic mass is 79.9. The van der Waals surface area contributed by atoms with Gasteiger partial charge >= 0.3 is 0 Å². The molecule has 0 saturated carbocycles. The van der Waals surface area contributed by atoms with Crippen molar-refractivity contribution in [2.75, 3.05) is 10.7 Å². The van der Waals surface area contributed by atoms with E-state index >= 15 is 0 Å². The number of hydrazine groups is 1. The van der Waals surface area contributed by atoms with Gasteiger partial charge in [0, 0.05) is 16.9 Å². The molecule has 0 aliphatic heterocycles. The number of rotatable bonds is 3. The van der Waals surface area contributed by atoms with E-state index in [1.54, 1.807) is 6.20 Å². The Kier molecular flexibility index (Phi) is 4.00. The summed E-state index contributed by atoms with van der Waals surface area (Å²) >= 11 is 9.34. The summed E-state index contributed by atoms with van der Waals surface area (Å²) in [6.07, 6.45) is 1.62. The van der Waals surface area contributed by atoms with Crippen molar-refractivity contribution in [3.8, 4) is 0 Å². The fraction of sp³-hybridized carbons (Fsp3) is 0.0909. The Hall–Kier alpha value is -1.37. The van der Waals surface area contributed by atoms with Gasteiger partial charge in [0.15, 0.2) is 0 Å². The fourth-order valence-electron chi connectivity index (χ4n) is 1.38. The number of anilines is 3. The topological polar surface area (TPSA) is 75.9 Å². The van der Waals surface area contributed by atoms with E-state index in [0.717, 1.165) is 15.7 Å². The maximum atomic E-state index is 5.96. The highest BCUT2D eigenvalue weighted by Gasteiger charge is 2.07. The number of benzene rings is 1. The molecule has 0 amide bonds. The quantitative estimate of drug-likeness (QED) is 0.596. The van der Waals surface area contributed by atoms with Gasteiger partial charge in [0.05, 0.1) is 4.47 Å². The van der Waals surface area contributed by atoms with E-state index in [-0.39, 0.29) is 0 Å². The zero-order chi connectivity index (χ0) is 13.1. The molecule has 0 aliphatic rings. The van der Waals surface area contributed by atoms with Gasteiger partial charge in [-0.25, -0.2) is 10.8 Å². The van der Waals surface area contributed by atoms with Crippen LogP contribution in [-0.2, 0) is 0 Å². The Bertz CT molecular complexity index is 575. The van der Waals surface area contributed by atoms with E-state index in [1.165, 1.54) is 0 Å². The molecule has 94 valence electrons. The van der Waals surface area contributed by atoms with E-state index in [4.69, 9.17) is 17.4 Å². The van der Waals surface area contributed by atoms with Gasteiger partial charge in [-0.15, -0.1) is 0 Å². The molecule has 0 fully saturated rings. The molecule has 4 N–H and O–H groups in total. The molecule has 1 heterocycles. The highest BCUT2D eigenvalue weighted by Crippen LogP contribution is 2.27. The van der Waals surface area contributed by atoms with Crippen LogP contribution in [0.15, 0.2) is 28.9 Å². The molecular formula is C11H11BrClN5. The number of hydrogen-bond donors (Lipinski definition) is 3. The van der Waals surface area contributed by atoms with E-state index in [2.05, 4.69) is 36.6 Å². The van der Waals surface area contributed by atoms with Gasteiger partial charge in [-0.05, 0) is 40.5 Å². The summed E-state index contributed by atoms with van der Waals surface area (Å²) < 4.78 is 0.737. The average molecular weight is 329 g/mol. The highest BCUT2D eigenvalue weighted by molar-refractivity contribution is 9.10. The number of aryl methyl sites for hydroxylation is 1. The van der Waals surface area contributed by atoms with E-state index in [9.17, 15) is 0 Å². The van der Waals surface area contributed by atoms with Crippen molar-refractivity contribution in [3.05, 3.63) is 39.5 Å². The van der Waals surface area contributed by atoms with E-state index < -0.39 is 0 Å². The first-order valence-corrected chi connectivity index (χ1v) is 6.29. The Balaban J connectivity index is 2.36. The van der Waals surface area contributed by atoms with Gasteiger partial charge in [0.2, 0.25) is 5.95 Å². The second-order valence-electron chi connectivity index (χ2n) is 3.62. The number of halogens is 2. The Morgan fingerprint density at radius 2 is 2.17 bits per heavy atom. The lowest BCUT2D eigenvalue weighted by molar-refractivity contribution is 1.11. The molecule has 0 atom stereocenters. The minimum absolute atomic E-state index is 0.334. The van der Waals surface area contributed by atoms with E-state index in [0.29, 0.717) is 16.8 Å². The summed E-state index contributed by atoms with van der Waals surface area (Å²) in [5.74, 6) is 6.22. The van der Waals surface area contributed by atoms with E-state index in [1.807, 2.05) is 25.1 Å². The lowest BCUT2D eigenvalue weighted by atomic mass is 10.2. The third-order valence-electron chi connectivity index (χ3n) is 2.33. The minimum atomic E-state index is 0.334. The third-order valence-corrected chi connectivity index (χ3v) is 3.14. The van der Waals surface area contributed by atoms with Crippen molar-refractivity contribution in [1.82, 2.24) is 9.97 Å². The second-order valence-corrected chi connectivity index (χ2v) is 4.91. The van der Waals surface area contributed by atoms with Gasteiger partial charge in [-0.3, -0.25) is 5.43 Å². The molecule has 0 bridgehead atoms. The first-order chi connectivity index (χ1) is 8.60. The van der Waals surface area contributed by atoms with Crippen LogP contribution in [0.3, 0.4) is 0 Å². The number of aromatic nitrogens is 2. The number of nitrogens with zero attached hydrogens (tertiary/aromatic N) is 2. The standard InChI is InChI=1S/C11H11BrClN5/c1-6-2-3-7(13)4-9(6)16-10-8(12)5-15-11(17-10)18-14/h2-5H,14H2,1H3,(H2,15,16,17,18). The SMILES string of the molecule is Cc1ccc(Cl)cc1Nc1nc(NN)ncc1Br. The van der Waals surface area contributed by atoms with Crippen LogP contribution >= 0.6 is 27.5 Å². The largest absolute Gasteiger partial charge is 0.339 e. The lowest BCUT2D eigenvalue weighted by Gasteiger charge is -2.11. The molecule has 0 unspecified atom stereocenters. The number of hydrogen-bond acceptors (Lipinski definition) is 5. The zero-order valence-electron chi connectivity index (χ0n) is 9.54. The summed E-state index contributed by atoms with van der Waals surface area (Å²) in [5.41, 5.74) is 4.34. The molecule has 2 aromatic rings. The molecule has 5 nitrogen and oxygen atoms in total. The lowest BCUT2D eigenvalue weighted by Crippen LogP contribution is -2.11. The van der Waals surface area contributed by atoms with Crippen molar-refractivity contribution in [1.29, 1.82) is 0 Å². The molecule has 7 heteroatoms. The van der Waals surface area contributed by atoms with Crippen LogP contribution < -0.4 is 16.6 Å². The van der Waals surface area contributed by atoms with Crippen LogP contribution in [0.4, 0.5) is 17.5 Å². The first kappa shape index (κ1) is 13.1. The zero-order valence-corrected chi connectivity index (χ0v) is 11.9. The van der Waals surface area contributed by atoms with Crippen LogP contribution in [0.1, 0.15) is 5.56 Å². The maximum absolute atomic E-state index is 5.96. The van der Waals surface area contributed by atoms with Crippen molar-refractivity contribution < 1.29 is 0 Å². The normalized spacial score (nSPS) is 10.2. The van der Waals surface area contributed by atoms with Crippen molar-refractivity contribution in [2.45, 2.75) is 6.92 Å². The summed E-state index contributed by atoms with van der Waals surface area (Å²) in [5, 5.41) is 3.84. The van der Waals surface area contributed by atoms with Gasteiger partial charge in [-0.2, -0.15) is 4.98 Å². The molecule has 0 saturated heterocycles. The number of nitrogens with two attached hydrogens (primary N) is 1. The monoisotopic (exact) mass is 327 g/mol. The summed E-state index contributed by atoms with van der Waals surface area (Å²) in [6, 6.07) is 5.60. The van der Waals surface area contributed by atoms with Crippen LogP contribution in [0.2, 0.25) is 5.02 Å². The van der Waals surface area contributed by atoms with Crippen molar-refractivity contribution >= 4 is 45.0 Å². The van der Waals surface area contributed by atoms with Gasteiger partial charge < -0.3 is 5.32 Å². The molecule has 18 heavy (non-hydrogen) atoms. The van der Waals surface area contributed by atoms with Crippen LogP contribution in [-0.4, -0.2) is 9.97 Å². The molecular weight excluding hydrogens is 318 g/mol. The Labute approximate surface area is 118 Å². The molecule has 0 aliphatic carbocycles. The maximum Gasteiger partial charge on any atom is 0.239 e. The molecule has 2 rings (SSSR count). The van der Waals surface area contributed by atoms with Crippen LogP contribution in [0.25, 0.3) is 0 Å². The van der Waals surface area contributed by atoms with Crippen molar-refractivity contribution in [3.63, 3.8) is 0 Å². The van der Waals surface area contributed by atoms with Gasteiger partial charge in [-0.1, -0.05) is 17.7 Å². The first-order valence-electron chi connectivity index (χ1n) is 5.12. The predicted octanol–water partition coefficient (Wildman–Crippen LogP) is 3.23.